The molecule has 2 aromatic carbocycles. The summed E-state index contributed by atoms with van der Waals surface area (Å²) in [5.74, 6) is -0.219. The summed E-state index contributed by atoms with van der Waals surface area (Å²) in [6.45, 7) is 3.46. The van der Waals surface area contributed by atoms with Crippen LogP contribution in [0.2, 0.25) is 0 Å². The van der Waals surface area contributed by atoms with Crippen molar-refractivity contribution in [1.29, 1.82) is 0 Å². The van der Waals surface area contributed by atoms with Gasteiger partial charge in [-0.15, -0.1) is 0 Å². The number of nitrogens with one attached hydrogen (secondary N) is 1. The van der Waals surface area contributed by atoms with E-state index in [1.807, 2.05) is 33.2 Å². The van der Waals surface area contributed by atoms with Gasteiger partial charge in [0.1, 0.15) is 17.3 Å². The Kier molecular flexibility index (Phi) is 6.97. The fraction of sp³-hybridized carbons (Fsp3) is 0.333. The van der Waals surface area contributed by atoms with E-state index >= 15 is 0 Å². The minimum absolute atomic E-state index is 0.0798. The zero-order valence-electron chi connectivity index (χ0n) is 18.3. The number of rotatable bonds is 8. The summed E-state index contributed by atoms with van der Waals surface area (Å²) in [5.41, 5.74) is 1.24. The third-order valence-electron chi connectivity index (χ3n) is 5.24. The normalized spacial score (nSPS) is 18.0. The van der Waals surface area contributed by atoms with Crippen LogP contribution in [-0.4, -0.2) is 62.6 Å². The number of hydrogen-bond donors (Lipinski definition) is 2. The number of quaternary nitrogens is 1. The number of amides is 1. The van der Waals surface area contributed by atoms with E-state index in [1.165, 1.54) is 4.90 Å². The zero-order valence-corrected chi connectivity index (χ0v) is 18.3. The van der Waals surface area contributed by atoms with Crippen LogP contribution < -0.4 is 14.4 Å². The highest BCUT2D eigenvalue weighted by Gasteiger charge is 2.46. The van der Waals surface area contributed by atoms with Gasteiger partial charge in [-0.05, 0) is 48.9 Å². The second-order valence-electron chi connectivity index (χ2n) is 7.68. The Balaban J connectivity index is 2.11. The van der Waals surface area contributed by atoms with Crippen LogP contribution in [0.5, 0.6) is 11.5 Å². The van der Waals surface area contributed by atoms with Crippen LogP contribution >= 0.6 is 0 Å². The van der Waals surface area contributed by atoms with Gasteiger partial charge in [-0.2, -0.15) is 0 Å². The van der Waals surface area contributed by atoms with Crippen molar-refractivity contribution < 1.29 is 29.1 Å². The Morgan fingerprint density at radius 1 is 1.10 bits per heavy atom. The molecule has 1 amide bonds. The predicted molar refractivity (Wildman–Crippen MR) is 117 cm³/mol. The van der Waals surface area contributed by atoms with Crippen molar-refractivity contribution in [2.45, 2.75) is 13.0 Å². The minimum Gasteiger partial charge on any atom is -0.507 e. The summed E-state index contributed by atoms with van der Waals surface area (Å²) in [6.07, 6.45) is 0. The number of ether oxygens (including phenoxy) is 2. The number of carbonyl (C=O) groups is 2. The quantitative estimate of drug-likeness (QED) is 0.382. The highest BCUT2D eigenvalue weighted by Crippen LogP contribution is 2.40. The minimum atomic E-state index is -0.694. The van der Waals surface area contributed by atoms with Gasteiger partial charge in [0.25, 0.3) is 11.7 Å². The molecule has 7 nitrogen and oxygen atoms in total. The molecule has 0 radical (unpaired) electrons. The van der Waals surface area contributed by atoms with E-state index < -0.39 is 17.7 Å². The molecule has 0 spiro atoms. The molecule has 1 heterocycles. The first-order valence-corrected chi connectivity index (χ1v) is 10.3. The van der Waals surface area contributed by atoms with Crippen LogP contribution in [0.1, 0.15) is 24.1 Å². The third-order valence-corrected chi connectivity index (χ3v) is 5.24. The van der Waals surface area contributed by atoms with E-state index in [0.29, 0.717) is 42.3 Å². The molecule has 1 aliphatic heterocycles. The van der Waals surface area contributed by atoms with Gasteiger partial charge in [-0.1, -0.05) is 12.1 Å². The first kappa shape index (κ1) is 22.4. The number of nitrogens with zero attached hydrogens (tertiary/aromatic N) is 1. The number of Topliss-reactive ketones (excluding diaryl/α,β-unsaturated/α-hetero) is 1. The smallest absolute Gasteiger partial charge is 0.295 e. The summed E-state index contributed by atoms with van der Waals surface area (Å²) in [7, 11) is 5.53. The number of aliphatic hydroxyl groups excluding tert-OH is 1. The Hall–Kier alpha value is -3.32. The maximum atomic E-state index is 13.0. The van der Waals surface area contributed by atoms with E-state index in [0.717, 1.165) is 4.90 Å². The number of methoxy groups -OCH3 is 1. The van der Waals surface area contributed by atoms with Crippen LogP contribution in [-0.2, 0) is 9.59 Å². The van der Waals surface area contributed by atoms with E-state index in [1.54, 1.807) is 43.5 Å². The molecule has 0 aromatic heterocycles. The summed E-state index contributed by atoms with van der Waals surface area (Å²) < 4.78 is 10.8. The molecular weight excluding hydrogens is 396 g/mol. The van der Waals surface area contributed by atoms with Crippen LogP contribution in [0, 0.1) is 0 Å². The number of ketones is 1. The lowest BCUT2D eigenvalue weighted by Crippen LogP contribution is -3.06. The lowest BCUT2D eigenvalue weighted by atomic mass is 9.95. The molecule has 3 rings (SSSR count). The van der Waals surface area contributed by atoms with Gasteiger partial charge < -0.3 is 24.4 Å². The van der Waals surface area contributed by atoms with Crippen molar-refractivity contribution in [3.63, 3.8) is 0 Å². The molecule has 2 aromatic rings. The van der Waals surface area contributed by atoms with Gasteiger partial charge in [0.05, 0.1) is 52.5 Å². The summed E-state index contributed by atoms with van der Waals surface area (Å²) in [4.78, 5) is 28.6. The highest BCUT2D eigenvalue weighted by molar-refractivity contribution is 6.46. The van der Waals surface area contributed by atoms with Gasteiger partial charge in [0.15, 0.2) is 0 Å². The highest BCUT2D eigenvalue weighted by atomic mass is 16.5. The van der Waals surface area contributed by atoms with Gasteiger partial charge in [-0.3, -0.25) is 9.59 Å². The summed E-state index contributed by atoms with van der Waals surface area (Å²) in [6, 6.07) is 13.4. The average Bonchev–Trinajstić information content (AvgIpc) is 3.02. The van der Waals surface area contributed by atoms with Gasteiger partial charge in [0, 0.05) is 5.56 Å². The average molecular weight is 426 g/mol. The Labute approximate surface area is 182 Å². The van der Waals surface area contributed by atoms with Crippen molar-refractivity contribution >= 4 is 17.4 Å². The molecule has 7 heteroatoms. The Morgan fingerprint density at radius 2 is 1.81 bits per heavy atom. The van der Waals surface area contributed by atoms with Crippen molar-refractivity contribution in [1.82, 2.24) is 4.90 Å². The number of hydrogen-bond acceptors (Lipinski definition) is 5. The third kappa shape index (κ3) is 4.72. The molecule has 0 unspecified atom stereocenters. The predicted octanol–water partition coefficient (Wildman–Crippen LogP) is 1.66. The molecule has 0 saturated carbocycles. The van der Waals surface area contributed by atoms with Crippen molar-refractivity contribution in [3.05, 3.63) is 65.2 Å². The molecule has 31 heavy (non-hydrogen) atoms. The molecule has 164 valence electrons. The summed E-state index contributed by atoms with van der Waals surface area (Å²) in [5, 5.41) is 11.1. The largest absolute Gasteiger partial charge is 0.507 e. The van der Waals surface area contributed by atoms with Crippen LogP contribution in [0.15, 0.2) is 54.1 Å². The molecule has 1 saturated heterocycles. The number of likely N-dealkylation sites (tertiary alicyclic amines) is 1. The number of benzene rings is 2. The molecule has 1 aliphatic rings. The maximum Gasteiger partial charge on any atom is 0.295 e. The standard InChI is InChI=1S/C24H28N2O5/c1-5-31-18-11-9-16(10-12-18)22(27)20-21(17-7-6-8-19(15-17)30-4)26(14-13-25(2)3)24(29)23(20)28/h6-12,15,21,27H,5,13-14H2,1-4H3/p+1/t21-/m1/s1. The van der Waals surface area contributed by atoms with Gasteiger partial charge in [-0.25, -0.2) is 0 Å². The van der Waals surface area contributed by atoms with Crippen LogP contribution in [0.4, 0.5) is 0 Å². The Bertz CT molecular complexity index is 982. The van der Waals surface area contributed by atoms with Crippen molar-refractivity contribution in [2.24, 2.45) is 0 Å². The van der Waals surface area contributed by atoms with E-state index in [2.05, 4.69) is 0 Å². The topological polar surface area (TPSA) is 80.5 Å². The fourth-order valence-corrected chi connectivity index (χ4v) is 3.64. The monoisotopic (exact) mass is 425 g/mol. The SMILES string of the molecule is CCOc1ccc(C(O)=C2C(=O)C(=O)N(CC[NH+](C)C)[C@@H]2c2cccc(OC)c2)cc1. The second kappa shape index (κ2) is 9.66. The maximum absolute atomic E-state index is 13.0. The van der Waals surface area contributed by atoms with Gasteiger partial charge >= 0.3 is 0 Å². The lowest BCUT2D eigenvalue weighted by Gasteiger charge is -2.26. The summed E-state index contributed by atoms with van der Waals surface area (Å²) >= 11 is 0. The molecule has 0 aliphatic carbocycles. The molecular formula is C24H29N2O5+. The van der Waals surface area contributed by atoms with E-state index in [-0.39, 0.29) is 11.3 Å². The van der Waals surface area contributed by atoms with Crippen molar-refractivity contribution in [3.8, 4) is 11.5 Å². The molecule has 2 N–H and O–H groups in total. The van der Waals surface area contributed by atoms with E-state index in [9.17, 15) is 14.7 Å². The van der Waals surface area contributed by atoms with E-state index in [4.69, 9.17) is 9.47 Å². The number of carbonyl (C=O) groups excluding carboxylic acids is 2. The lowest BCUT2D eigenvalue weighted by molar-refractivity contribution is -0.857. The number of likely N-dealkylation sites (N-methyl/N-ethyl adjacent to an activating group) is 1. The van der Waals surface area contributed by atoms with Crippen LogP contribution in [0.25, 0.3) is 5.76 Å². The fourth-order valence-electron chi connectivity index (χ4n) is 3.64. The first-order valence-electron chi connectivity index (χ1n) is 10.3. The van der Waals surface area contributed by atoms with Crippen LogP contribution in [0.3, 0.4) is 0 Å². The zero-order chi connectivity index (χ0) is 22.5. The molecule has 1 fully saturated rings. The molecule has 1 atom stereocenters. The Morgan fingerprint density at radius 3 is 2.42 bits per heavy atom. The first-order chi connectivity index (χ1) is 14.9. The van der Waals surface area contributed by atoms with Gasteiger partial charge in [0.2, 0.25) is 0 Å². The van der Waals surface area contributed by atoms with Crippen molar-refractivity contribution in [2.75, 3.05) is 40.9 Å². The molecule has 0 bridgehead atoms. The number of aliphatic hydroxyl groups is 1. The second-order valence-corrected chi connectivity index (χ2v) is 7.68.